The van der Waals surface area contributed by atoms with E-state index < -0.39 is 17.7 Å². The third-order valence-electron chi connectivity index (χ3n) is 1.80. The number of carbonyl (C=O) groups is 1. The van der Waals surface area contributed by atoms with Crippen molar-refractivity contribution in [1.29, 1.82) is 0 Å². The lowest BCUT2D eigenvalue weighted by Crippen LogP contribution is -2.55. The molecular formula is C8H9O4-. The lowest BCUT2D eigenvalue weighted by Gasteiger charge is -2.31. The highest BCUT2D eigenvalue weighted by Crippen LogP contribution is 2.20. The number of hydrogen-bond donors (Lipinski definition) is 2. The first kappa shape index (κ1) is 8.96. The van der Waals surface area contributed by atoms with Crippen LogP contribution in [0.3, 0.4) is 0 Å². The van der Waals surface area contributed by atoms with Crippen LogP contribution in [0, 0.1) is 0 Å². The molecule has 0 saturated heterocycles. The van der Waals surface area contributed by atoms with Crippen molar-refractivity contribution in [2.45, 2.75) is 18.6 Å². The molecule has 0 spiro atoms. The smallest absolute Gasteiger partial charge is 0.152 e. The van der Waals surface area contributed by atoms with Crippen LogP contribution in [0.4, 0.5) is 0 Å². The second-order valence-corrected chi connectivity index (χ2v) is 2.80. The van der Waals surface area contributed by atoms with Crippen LogP contribution in [0.2, 0.25) is 0 Å². The summed E-state index contributed by atoms with van der Waals surface area (Å²) in [6, 6.07) is 0. The Labute approximate surface area is 69.5 Å². The molecule has 0 fully saturated rings. The van der Waals surface area contributed by atoms with Crippen LogP contribution in [-0.4, -0.2) is 27.9 Å². The van der Waals surface area contributed by atoms with Crippen LogP contribution in [0.25, 0.3) is 0 Å². The maximum atomic E-state index is 10.4. The second-order valence-electron chi connectivity index (χ2n) is 2.80. The maximum Gasteiger partial charge on any atom is 0.152 e. The van der Waals surface area contributed by atoms with Gasteiger partial charge in [0.1, 0.15) is 6.10 Å². The number of carboxylic acids is 1. The largest absolute Gasteiger partial charge is 0.547 e. The minimum atomic E-state index is -2.28. The number of aliphatic hydroxyl groups excluding tert-OH is 1. The predicted molar refractivity (Wildman–Crippen MR) is 38.9 cm³/mol. The van der Waals surface area contributed by atoms with Crippen LogP contribution in [0.1, 0.15) is 6.92 Å². The number of rotatable bonds is 1. The summed E-state index contributed by atoms with van der Waals surface area (Å²) in [5, 5.41) is 28.9. The van der Waals surface area contributed by atoms with Gasteiger partial charge in [-0.05, 0) is 19.1 Å². The summed E-state index contributed by atoms with van der Waals surface area (Å²) in [6.07, 6.45) is 2.26. The Morgan fingerprint density at radius 1 is 1.75 bits per heavy atom. The van der Waals surface area contributed by atoms with E-state index in [0.29, 0.717) is 5.57 Å². The fourth-order valence-electron chi connectivity index (χ4n) is 0.977. The second kappa shape index (κ2) is 2.73. The fourth-order valence-corrected chi connectivity index (χ4v) is 0.977. The molecule has 0 aromatic carbocycles. The van der Waals surface area contributed by atoms with Crippen LogP contribution in [0.5, 0.6) is 0 Å². The number of carbonyl (C=O) groups excluding carboxylic acids is 1. The third-order valence-corrected chi connectivity index (χ3v) is 1.80. The van der Waals surface area contributed by atoms with E-state index in [4.69, 9.17) is 0 Å². The average molecular weight is 169 g/mol. The first-order valence-electron chi connectivity index (χ1n) is 3.46. The number of aliphatic hydroxyl groups is 2. The van der Waals surface area contributed by atoms with Gasteiger partial charge in [-0.2, -0.15) is 0 Å². The molecule has 0 radical (unpaired) electrons. The van der Waals surface area contributed by atoms with Gasteiger partial charge in [0.05, 0.1) is 5.97 Å². The Bertz CT molecular complexity index is 266. The fraction of sp³-hybridized carbons (Fsp3) is 0.375. The highest BCUT2D eigenvalue weighted by molar-refractivity contribution is 5.80. The summed E-state index contributed by atoms with van der Waals surface area (Å²) >= 11 is 0. The van der Waals surface area contributed by atoms with E-state index in [1.807, 2.05) is 0 Å². The summed E-state index contributed by atoms with van der Waals surface area (Å²) in [5.74, 6) is -1.70. The molecule has 2 atom stereocenters. The summed E-state index contributed by atoms with van der Waals surface area (Å²) in [5.41, 5.74) is -1.58. The Morgan fingerprint density at radius 2 is 2.33 bits per heavy atom. The highest BCUT2D eigenvalue weighted by Gasteiger charge is 2.34. The molecule has 0 bridgehead atoms. The molecule has 1 aliphatic rings. The van der Waals surface area contributed by atoms with E-state index in [-0.39, 0.29) is 0 Å². The van der Waals surface area contributed by atoms with E-state index in [1.165, 1.54) is 12.2 Å². The van der Waals surface area contributed by atoms with Crippen molar-refractivity contribution >= 4 is 5.97 Å². The third kappa shape index (κ3) is 1.26. The number of carboxylic acid groups (broad SMARTS) is 1. The van der Waals surface area contributed by atoms with Gasteiger partial charge in [0.15, 0.2) is 5.60 Å². The van der Waals surface area contributed by atoms with Gasteiger partial charge in [-0.25, -0.2) is 0 Å². The van der Waals surface area contributed by atoms with Crippen LogP contribution < -0.4 is 5.11 Å². The summed E-state index contributed by atoms with van der Waals surface area (Å²) in [6.45, 7) is 1.69. The van der Waals surface area contributed by atoms with Gasteiger partial charge in [-0.15, -0.1) is 0 Å². The maximum absolute atomic E-state index is 10.4. The molecule has 0 saturated carbocycles. The predicted octanol–water partition coefficient (Wildman–Crippen LogP) is -1.66. The monoisotopic (exact) mass is 169 g/mol. The normalized spacial score (nSPS) is 34.6. The Hall–Kier alpha value is -1.13. The summed E-state index contributed by atoms with van der Waals surface area (Å²) in [4.78, 5) is 10.4. The molecule has 4 heteroatoms. The molecule has 2 N–H and O–H groups in total. The van der Waals surface area contributed by atoms with Gasteiger partial charge in [0, 0.05) is 0 Å². The van der Waals surface area contributed by atoms with Crippen molar-refractivity contribution in [2.75, 3.05) is 0 Å². The zero-order chi connectivity index (χ0) is 9.35. The average Bonchev–Trinajstić information content (AvgIpc) is 1.97. The van der Waals surface area contributed by atoms with Gasteiger partial charge in [0.2, 0.25) is 0 Å². The van der Waals surface area contributed by atoms with Gasteiger partial charge in [0.25, 0.3) is 0 Å². The lowest BCUT2D eigenvalue weighted by molar-refractivity contribution is -0.324. The molecule has 0 aromatic rings. The molecule has 0 aromatic heterocycles. The number of allylic oxidation sites excluding steroid dienone is 2. The SMILES string of the molecule is CC1=C[C@H](O)[C@@](O)(C(=O)[O-])C=C1. The van der Waals surface area contributed by atoms with Crippen molar-refractivity contribution in [3.63, 3.8) is 0 Å². The van der Waals surface area contributed by atoms with Crippen LogP contribution in [-0.2, 0) is 4.79 Å². The molecule has 0 aliphatic heterocycles. The summed E-state index contributed by atoms with van der Waals surface area (Å²) < 4.78 is 0. The van der Waals surface area contributed by atoms with Crippen molar-refractivity contribution in [1.82, 2.24) is 0 Å². The van der Waals surface area contributed by atoms with E-state index >= 15 is 0 Å². The molecule has 0 unspecified atom stereocenters. The van der Waals surface area contributed by atoms with Gasteiger partial charge >= 0.3 is 0 Å². The van der Waals surface area contributed by atoms with Crippen LogP contribution in [0.15, 0.2) is 23.8 Å². The standard InChI is InChI=1S/C8H10O4/c1-5-2-3-8(12,7(10)11)6(9)4-5/h2-4,6,9,12H,1H3,(H,10,11)/p-1/t6-,8+/m0/s1. The Morgan fingerprint density at radius 3 is 2.75 bits per heavy atom. The topological polar surface area (TPSA) is 80.6 Å². The minimum Gasteiger partial charge on any atom is -0.547 e. The van der Waals surface area contributed by atoms with Crippen LogP contribution >= 0.6 is 0 Å². The van der Waals surface area contributed by atoms with E-state index in [1.54, 1.807) is 6.92 Å². The van der Waals surface area contributed by atoms with Gasteiger partial charge in [-0.1, -0.05) is 11.6 Å². The van der Waals surface area contributed by atoms with Gasteiger partial charge < -0.3 is 20.1 Å². The van der Waals surface area contributed by atoms with E-state index in [9.17, 15) is 20.1 Å². The molecule has 1 aliphatic carbocycles. The van der Waals surface area contributed by atoms with Gasteiger partial charge in [-0.3, -0.25) is 0 Å². The molecule has 4 nitrogen and oxygen atoms in total. The highest BCUT2D eigenvalue weighted by atomic mass is 16.4. The zero-order valence-corrected chi connectivity index (χ0v) is 6.52. The first-order chi connectivity index (χ1) is 5.47. The quantitative estimate of drug-likeness (QED) is 0.492. The van der Waals surface area contributed by atoms with Crippen molar-refractivity contribution in [2.24, 2.45) is 0 Å². The van der Waals surface area contributed by atoms with E-state index in [2.05, 4.69) is 0 Å². The minimum absolute atomic E-state index is 0.702. The molecular weight excluding hydrogens is 160 g/mol. The molecule has 0 heterocycles. The van der Waals surface area contributed by atoms with Crippen molar-refractivity contribution < 1.29 is 20.1 Å². The number of hydrogen-bond acceptors (Lipinski definition) is 4. The Kier molecular flexibility index (Phi) is 2.04. The van der Waals surface area contributed by atoms with E-state index in [0.717, 1.165) is 6.08 Å². The lowest BCUT2D eigenvalue weighted by atomic mass is 9.90. The molecule has 1 rings (SSSR count). The molecule has 12 heavy (non-hydrogen) atoms. The van der Waals surface area contributed by atoms with Crippen molar-refractivity contribution in [3.05, 3.63) is 23.8 Å². The molecule has 66 valence electrons. The Balaban J connectivity index is 2.99. The zero-order valence-electron chi connectivity index (χ0n) is 6.52. The first-order valence-corrected chi connectivity index (χ1v) is 3.46. The number of aliphatic carboxylic acids is 1. The summed E-state index contributed by atoms with van der Waals surface area (Å²) in [7, 11) is 0. The molecule has 0 amide bonds. The van der Waals surface area contributed by atoms with Crippen molar-refractivity contribution in [3.8, 4) is 0 Å².